The molecule has 0 aliphatic heterocycles. The van der Waals surface area contributed by atoms with Gasteiger partial charge in [0.1, 0.15) is 0 Å². The molecule has 120 valence electrons. The molecular formula is C20H34O. The first-order valence-electron chi connectivity index (χ1n) is 8.69. The number of allylic oxidation sites excluding steroid dienone is 2. The van der Waals surface area contributed by atoms with Crippen LogP contribution in [0.4, 0.5) is 0 Å². The van der Waals surface area contributed by atoms with Crippen LogP contribution >= 0.6 is 0 Å². The van der Waals surface area contributed by atoms with E-state index in [1.165, 1.54) is 25.7 Å². The summed E-state index contributed by atoms with van der Waals surface area (Å²) in [7, 11) is 0. The Labute approximate surface area is 131 Å². The summed E-state index contributed by atoms with van der Waals surface area (Å²) in [6.45, 7) is 15.4. The highest BCUT2D eigenvalue weighted by Gasteiger charge is 2.48. The zero-order valence-corrected chi connectivity index (χ0v) is 14.7. The summed E-state index contributed by atoms with van der Waals surface area (Å²) in [4.78, 5) is 0. The van der Waals surface area contributed by atoms with E-state index in [-0.39, 0.29) is 0 Å². The van der Waals surface area contributed by atoms with Gasteiger partial charge in [-0.05, 0) is 61.7 Å². The first-order chi connectivity index (χ1) is 9.62. The van der Waals surface area contributed by atoms with Crippen LogP contribution in [0, 0.1) is 22.7 Å². The van der Waals surface area contributed by atoms with E-state index in [1.807, 2.05) is 6.92 Å². The molecule has 0 aromatic carbocycles. The van der Waals surface area contributed by atoms with Gasteiger partial charge in [0.15, 0.2) is 0 Å². The molecule has 1 nitrogen and oxygen atoms in total. The van der Waals surface area contributed by atoms with E-state index < -0.39 is 5.60 Å². The third-order valence-corrected chi connectivity index (χ3v) is 6.67. The molecule has 0 bridgehead atoms. The Bertz CT molecular complexity index is 429. The van der Waals surface area contributed by atoms with Gasteiger partial charge in [-0.2, -0.15) is 0 Å². The van der Waals surface area contributed by atoms with Crippen molar-refractivity contribution < 1.29 is 5.11 Å². The maximum atomic E-state index is 10.3. The summed E-state index contributed by atoms with van der Waals surface area (Å²) >= 11 is 0. The molecule has 1 saturated carbocycles. The lowest BCUT2D eigenvalue weighted by atomic mass is 9.51. The lowest BCUT2D eigenvalue weighted by Crippen LogP contribution is -2.44. The fourth-order valence-electron chi connectivity index (χ4n) is 4.58. The molecular weight excluding hydrogens is 256 g/mol. The summed E-state index contributed by atoms with van der Waals surface area (Å²) in [5.74, 6) is 1.39. The molecule has 0 saturated heterocycles. The Balaban J connectivity index is 2.25. The second kappa shape index (κ2) is 5.57. The summed E-state index contributed by atoms with van der Waals surface area (Å²) in [5.41, 5.74) is 1.65. The van der Waals surface area contributed by atoms with Gasteiger partial charge in [-0.1, -0.05) is 51.8 Å². The topological polar surface area (TPSA) is 20.2 Å². The van der Waals surface area contributed by atoms with Crippen LogP contribution in [-0.2, 0) is 0 Å². The van der Waals surface area contributed by atoms with Gasteiger partial charge in [0.2, 0.25) is 0 Å². The van der Waals surface area contributed by atoms with Crippen molar-refractivity contribution in [2.75, 3.05) is 0 Å². The van der Waals surface area contributed by atoms with Gasteiger partial charge in [-0.15, -0.1) is 6.58 Å². The Morgan fingerprint density at radius 2 is 2.10 bits per heavy atom. The Morgan fingerprint density at radius 3 is 2.71 bits per heavy atom. The van der Waals surface area contributed by atoms with Gasteiger partial charge in [0, 0.05) is 0 Å². The minimum absolute atomic E-state index is 0.314. The minimum atomic E-state index is -0.728. The largest absolute Gasteiger partial charge is 0.386 e. The second-order valence-electron chi connectivity index (χ2n) is 8.69. The Kier molecular flexibility index (Phi) is 4.46. The SMILES string of the molecule is C=CC(C)(O)CC[C@@]1(C)[C@@H]2CCCC(C)(C)C2=CC[C@@H]1C. The fraction of sp³-hybridized carbons (Fsp3) is 0.800. The van der Waals surface area contributed by atoms with E-state index in [4.69, 9.17) is 0 Å². The predicted octanol–water partition coefficient (Wildman–Crippen LogP) is 5.50. The first kappa shape index (κ1) is 16.8. The van der Waals surface area contributed by atoms with Crippen LogP contribution in [-0.4, -0.2) is 10.7 Å². The molecule has 2 aliphatic rings. The van der Waals surface area contributed by atoms with Crippen molar-refractivity contribution in [2.24, 2.45) is 22.7 Å². The smallest absolute Gasteiger partial charge is 0.0797 e. The van der Waals surface area contributed by atoms with E-state index >= 15 is 0 Å². The van der Waals surface area contributed by atoms with Crippen LogP contribution < -0.4 is 0 Å². The van der Waals surface area contributed by atoms with Crippen molar-refractivity contribution in [3.05, 3.63) is 24.3 Å². The van der Waals surface area contributed by atoms with Crippen LogP contribution in [0.25, 0.3) is 0 Å². The quantitative estimate of drug-likeness (QED) is 0.678. The van der Waals surface area contributed by atoms with Crippen molar-refractivity contribution in [1.29, 1.82) is 0 Å². The molecule has 0 amide bonds. The minimum Gasteiger partial charge on any atom is -0.386 e. The maximum absolute atomic E-state index is 10.3. The average molecular weight is 290 g/mol. The lowest BCUT2D eigenvalue weighted by Gasteiger charge is -2.53. The van der Waals surface area contributed by atoms with Gasteiger partial charge in [-0.25, -0.2) is 0 Å². The van der Waals surface area contributed by atoms with Crippen molar-refractivity contribution in [3.63, 3.8) is 0 Å². The first-order valence-corrected chi connectivity index (χ1v) is 8.69. The van der Waals surface area contributed by atoms with Gasteiger partial charge < -0.3 is 5.11 Å². The van der Waals surface area contributed by atoms with Crippen molar-refractivity contribution in [2.45, 2.75) is 78.7 Å². The molecule has 0 aromatic rings. The molecule has 4 atom stereocenters. The molecule has 0 radical (unpaired) electrons. The molecule has 0 spiro atoms. The molecule has 21 heavy (non-hydrogen) atoms. The van der Waals surface area contributed by atoms with E-state index in [9.17, 15) is 5.11 Å². The molecule has 1 unspecified atom stereocenters. The number of aliphatic hydroxyl groups is 1. The summed E-state index contributed by atoms with van der Waals surface area (Å²) in [5, 5.41) is 10.3. The third kappa shape index (κ3) is 3.13. The predicted molar refractivity (Wildman–Crippen MR) is 91.1 cm³/mol. The highest BCUT2D eigenvalue weighted by atomic mass is 16.3. The molecule has 2 aliphatic carbocycles. The molecule has 1 N–H and O–H groups in total. The molecule has 0 heterocycles. The number of hydrogen-bond acceptors (Lipinski definition) is 1. The van der Waals surface area contributed by atoms with Crippen LogP contribution in [0.5, 0.6) is 0 Å². The van der Waals surface area contributed by atoms with E-state index in [1.54, 1.807) is 11.6 Å². The monoisotopic (exact) mass is 290 g/mol. The van der Waals surface area contributed by atoms with E-state index in [2.05, 4.69) is 40.3 Å². The molecule has 2 rings (SSSR count). The summed E-state index contributed by atoms with van der Waals surface area (Å²) < 4.78 is 0. The highest BCUT2D eigenvalue weighted by molar-refractivity contribution is 5.25. The van der Waals surface area contributed by atoms with Crippen LogP contribution in [0.3, 0.4) is 0 Å². The van der Waals surface area contributed by atoms with E-state index in [0.717, 1.165) is 12.8 Å². The Hall–Kier alpha value is -0.560. The van der Waals surface area contributed by atoms with Gasteiger partial charge in [0.25, 0.3) is 0 Å². The van der Waals surface area contributed by atoms with Crippen LogP contribution in [0.1, 0.15) is 73.1 Å². The Morgan fingerprint density at radius 1 is 1.43 bits per heavy atom. The second-order valence-corrected chi connectivity index (χ2v) is 8.69. The fourth-order valence-corrected chi connectivity index (χ4v) is 4.58. The number of hydrogen-bond donors (Lipinski definition) is 1. The van der Waals surface area contributed by atoms with Crippen LogP contribution in [0.15, 0.2) is 24.3 Å². The third-order valence-electron chi connectivity index (χ3n) is 6.67. The normalized spacial score (nSPS) is 38.1. The lowest BCUT2D eigenvalue weighted by molar-refractivity contribution is 0.0234. The standard InChI is InChI=1S/C20H34O/c1-7-19(5,21)13-14-20(6)15(2)10-11-16-17(20)9-8-12-18(16,3)4/h7,11,15,17,21H,1,8-10,12-14H2,2-6H3/t15-,17+,19?,20+/m0/s1. The van der Waals surface area contributed by atoms with Crippen molar-refractivity contribution >= 4 is 0 Å². The summed E-state index contributed by atoms with van der Waals surface area (Å²) in [6, 6.07) is 0. The molecule has 1 heteroatoms. The van der Waals surface area contributed by atoms with Gasteiger partial charge in [-0.3, -0.25) is 0 Å². The number of rotatable bonds is 4. The molecule has 0 aromatic heterocycles. The highest BCUT2D eigenvalue weighted by Crippen LogP contribution is 2.58. The zero-order valence-electron chi connectivity index (χ0n) is 14.7. The number of fused-ring (bicyclic) bond motifs is 1. The van der Waals surface area contributed by atoms with Gasteiger partial charge in [0.05, 0.1) is 5.60 Å². The maximum Gasteiger partial charge on any atom is 0.0797 e. The van der Waals surface area contributed by atoms with Crippen LogP contribution in [0.2, 0.25) is 0 Å². The van der Waals surface area contributed by atoms with Crippen molar-refractivity contribution in [3.8, 4) is 0 Å². The van der Waals surface area contributed by atoms with Crippen molar-refractivity contribution in [1.82, 2.24) is 0 Å². The van der Waals surface area contributed by atoms with E-state index in [0.29, 0.717) is 22.7 Å². The molecule has 1 fully saturated rings. The average Bonchev–Trinajstić information content (AvgIpc) is 2.41. The summed E-state index contributed by atoms with van der Waals surface area (Å²) in [6.07, 6.45) is 11.3. The zero-order chi connectivity index (χ0) is 15.9. The van der Waals surface area contributed by atoms with Gasteiger partial charge >= 0.3 is 0 Å².